The summed E-state index contributed by atoms with van der Waals surface area (Å²) in [5, 5.41) is 8.70. The van der Waals surface area contributed by atoms with Crippen molar-refractivity contribution in [2.24, 2.45) is 0 Å². The summed E-state index contributed by atoms with van der Waals surface area (Å²) in [4.78, 5) is 13.7. The molecule has 20 heavy (non-hydrogen) atoms. The second kappa shape index (κ2) is 5.10. The zero-order valence-electron chi connectivity index (χ0n) is 11.1. The number of aryl methyl sites for hydroxylation is 2. The van der Waals surface area contributed by atoms with Crippen molar-refractivity contribution in [1.82, 2.24) is 0 Å². The average molecular weight is 283 g/mol. The van der Waals surface area contributed by atoms with E-state index in [2.05, 4.69) is 12.1 Å². The van der Waals surface area contributed by atoms with E-state index in [-0.39, 0.29) is 0 Å². The van der Waals surface area contributed by atoms with Crippen LogP contribution in [0.2, 0.25) is 0 Å². The van der Waals surface area contributed by atoms with Gasteiger partial charge in [-0.15, -0.1) is 11.3 Å². The van der Waals surface area contributed by atoms with Crippen LogP contribution in [-0.2, 0) is 17.6 Å². The predicted molar refractivity (Wildman–Crippen MR) is 77.7 cm³/mol. The molecule has 1 atom stereocenters. The highest BCUT2D eigenvalue weighted by Gasteiger charge is 2.22. The molecule has 100 valence electrons. The van der Waals surface area contributed by atoms with Crippen LogP contribution in [0.1, 0.15) is 27.7 Å². The molecule has 3 rings (SSSR count). The van der Waals surface area contributed by atoms with Crippen molar-refractivity contribution in [3.05, 3.63) is 46.3 Å². The molecule has 0 saturated heterocycles. The van der Waals surface area contributed by atoms with Crippen molar-refractivity contribution in [2.75, 3.05) is 0 Å². The number of nitriles is 1. The molecule has 0 unspecified atom stereocenters. The van der Waals surface area contributed by atoms with E-state index in [0.29, 0.717) is 4.88 Å². The van der Waals surface area contributed by atoms with Crippen LogP contribution in [0.15, 0.2) is 30.3 Å². The topological polar surface area (TPSA) is 50.1 Å². The monoisotopic (exact) mass is 283 g/mol. The Morgan fingerprint density at radius 1 is 1.35 bits per heavy atom. The second-order valence-electron chi connectivity index (χ2n) is 4.80. The molecule has 0 radical (unpaired) electrons. The zero-order valence-corrected chi connectivity index (χ0v) is 11.9. The minimum Gasteiger partial charge on any atom is -0.443 e. The fourth-order valence-electron chi connectivity index (χ4n) is 2.42. The standard InChI is InChI=1S/C16H13NO2S/c1-10(9-17)19-16(18)14-8-12-7-6-11-4-2-3-5-13(11)15(12)20-14/h2-5,8,10H,6-7H2,1H3/t10-/m0/s1. The zero-order chi connectivity index (χ0) is 14.1. The SMILES string of the molecule is C[C@@H](C#N)OC(=O)c1cc2c(s1)-c1ccccc1CC2. The summed E-state index contributed by atoms with van der Waals surface area (Å²) in [6, 6.07) is 12.1. The molecule has 1 aromatic heterocycles. The summed E-state index contributed by atoms with van der Waals surface area (Å²) in [7, 11) is 0. The number of hydrogen-bond donors (Lipinski definition) is 0. The number of carbonyl (C=O) groups excluding carboxylic acids is 1. The lowest BCUT2D eigenvalue weighted by Crippen LogP contribution is -2.11. The van der Waals surface area contributed by atoms with E-state index < -0.39 is 12.1 Å². The number of thiophene rings is 1. The summed E-state index contributed by atoms with van der Waals surface area (Å²) in [6.07, 6.45) is 1.24. The maximum Gasteiger partial charge on any atom is 0.349 e. The first kappa shape index (κ1) is 12.9. The quantitative estimate of drug-likeness (QED) is 0.791. The Bertz CT molecular complexity index is 712. The Morgan fingerprint density at radius 3 is 2.90 bits per heavy atom. The van der Waals surface area contributed by atoms with Crippen LogP contribution >= 0.6 is 11.3 Å². The van der Waals surface area contributed by atoms with Crippen molar-refractivity contribution >= 4 is 17.3 Å². The third-order valence-corrected chi connectivity index (χ3v) is 4.59. The number of carbonyl (C=O) groups is 1. The molecule has 3 nitrogen and oxygen atoms in total. The van der Waals surface area contributed by atoms with Gasteiger partial charge < -0.3 is 4.74 Å². The molecular formula is C16H13NO2S. The molecule has 1 aliphatic carbocycles. The lowest BCUT2D eigenvalue weighted by molar-refractivity contribution is 0.0441. The molecule has 0 aliphatic heterocycles. The van der Waals surface area contributed by atoms with Crippen LogP contribution in [-0.4, -0.2) is 12.1 Å². The largest absolute Gasteiger partial charge is 0.443 e. The van der Waals surface area contributed by atoms with Gasteiger partial charge in [0.15, 0.2) is 6.10 Å². The molecule has 1 heterocycles. The Hall–Kier alpha value is -2.12. The summed E-state index contributed by atoms with van der Waals surface area (Å²) < 4.78 is 5.06. The van der Waals surface area contributed by atoms with Crippen LogP contribution in [0.25, 0.3) is 10.4 Å². The molecule has 0 saturated carbocycles. The van der Waals surface area contributed by atoms with Crippen molar-refractivity contribution in [3.8, 4) is 16.5 Å². The van der Waals surface area contributed by atoms with Crippen molar-refractivity contribution < 1.29 is 9.53 Å². The highest BCUT2D eigenvalue weighted by Crippen LogP contribution is 2.39. The third kappa shape index (κ3) is 2.21. The molecule has 1 aromatic carbocycles. The minimum absolute atomic E-state index is 0.407. The number of benzene rings is 1. The van der Waals surface area contributed by atoms with Gasteiger partial charge in [-0.3, -0.25) is 0 Å². The Kier molecular flexibility index (Phi) is 3.29. The molecule has 0 fully saturated rings. The Morgan fingerprint density at radius 2 is 2.10 bits per heavy atom. The third-order valence-electron chi connectivity index (χ3n) is 3.40. The van der Waals surface area contributed by atoms with Crippen molar-refractivity contribution in [3.63, 3.8) is 0 Å². The maximum atomic E-state index is 12.0. The van der Waals surface area contributed by atoms with Gasteiger partial charge in [-0.25, -0.2) is 4.79 Å². The van der Waals surface area contributed by atoms with Crippen LogP contribution in [0.3, 0.4) is 0 Å². The number of esters is 1. The average Bonchev–Trinajstić information content (AvgIpc) is 2.91. The highest BCUT2D eigenvalue weighted by molar-refractivity contribution is 7.17. The number of rotatable bonds is 2. The number of hydrogen-bond acceptors (Lipinski definition) is 4. The predicted octanol–water partition coefficient (Wildman–Crippen LogP) is 3.58. The summed E-state index contributed by atoms with van der Waals surface area (Å²) in [5.74, 6) is -0.407. The minimum atomic E-state index is -0.714. The van der Waals surface area contributed by atoms with Gasteiger partial charge in [-0.2, -0.15) is 5.26 Å². The van der Waals surface area contributed by atoms with Gasteiger partial charge in [-0.05, 0) is 42.5 Å². The Labute approximate surface area is 121 Å². The number of fused-ring (bicyclic) bond motifs is 3. The first-order valence-electron chi connectivity index (χ1n) is 6.50. The van der Waals surface area contributed by atoms with E-state index >= 15 is 0 Å². The molecule has 0 bridgehead atoms. The lowest BCUT2D eigenvalue weighted by atomic mass is 9.91. The number of nitrogens with zero attached hydrogens (tertiary/aromatic N) is 1. The molecule has 0 spiro atoms. The van der Waals surface area contributed by atoms with E-state index in [1.165, 1.54) is 28.0 Å². The maximum absolute atomic E-state index is 12.0. The van der Waals surface area contributed by atoms with Crippen LogP contribution in [0.4, 0.5) is 0 Å². The summed E-state index contributed by atoms with van der Waals surface area (Å²) in [6.45, 7) is 1.57. The first-order valence-corrected chi connectivity index (χ1v) is 7.32. The normalized spacial score (nSPS) is 13.8. The lowest BCUT2D eigenvalue weighted by Gasteiger charge is -2.15. The molecular weight excluding hydrogens is 270 g/mol. The van der Waals surface area contributed by atoms with Crippen LogP contribution in [0.5, 0.6) is 0 Å². The van der Waals surface area contributed by atoms with E-state index in [1.807, 2.05) is 24.3 Å². The molecule has 0 N–H and O–H groups in total. The number of ether oxygens (including phenoxy) is 1. The van der Waals surface area contributed by atoms with Gasteiger partial charge in [0.05, 0.1) is 0 Å². The van der Waals surface area contributed by atoms with E-state index in [1.54, 1.807) is 6.92 Å². The fraction of sp³-hybridized carbons (Fsp3) is 0.250. The van der Waals surface area contributed by atoms with Crippen LogP contribution < -0.4 is 0 Å². The van der Waals surface area contributed by atoms with Gasteiger partial charge in [-0.1, -0.05) is 24.3 Å². The fourth-order valence-corrected chi connectivity index (χ4v) is 3.57. The van der Waals surface area contributed by atoms with Gasteiger partial charge in [0.25, 0.3) is 0 Å². The van der Waals surface area contributed by atoms with Gasteiger partial charge >= 0.3 is 5.97 Å². The molecule has 2 aromatic rings. The highest BCUT2D eigenvalue weighted by atomic mass is 32.1. The summed E-state index contributed by atoms with van der Waals surface area (Å²) in [5.41, 5.74) is 3.74. The van der Waals surface area contributed by atoms with E-state index in [4.69, 9.17) is 10.00 Å². The summed E-state index contributed by atoms with van der Waals surface area (Å²) >= 11 is 1.45. The van der Waals surface area contributed by atoms with Gasteiger partial charge in [0.1, 0.15) is 10.9 Å². The molecule has 4 heteroatoms. The van der Waals surface area contributed by atoms with Crippen molar-refractivity contribution in [1.29, 1.82) is 5.26 Å². The Balaban J connectivity index is 1.95. The first-order chi connectivity index (χ1) is 9.69. The van der Waals surface area contributed by atoms with Gasteiger partial charge in [0, 0.05) is 4.88 Å². The van der Waals surface area contributed by atoms with E-state index in [9.17, 15) is 4.79 Å². The second-order valence-corrected chi connectivity index (χ2v) is 5.85. The molecule has 0 amide bonds. The van der Waals surface area contributed by atoms with Crippen molar-refractivity contribution in [2.45, 2.75) is 25.9 Å². The molecule has 1 aliphatic rings. The smallest absolute Gasteiger partial charge is 0.349 e. The van der Waals surface area contributed by atoms with Gasteiger partial charge in [0.2, 0.25) is 0 Å². The van der Waals surface area contributed by atoms with Crippen LogP contribution in [0, 0.1) is 11.3 Å². The van der Waals surface area contributed by atoms with E-state index in [0.717, 1.165) is 17.7 Å².